The normalized spacial score (nSPS) is 17.1. The molecular formula is C6H11LiSi. The molecule has 1 aliphatic rings. The van der Waals surface area contributed by atoms with E-state index in [2.05, 4.69) is 19.1 Å². The summed E-state index contributed by atoms with van der Waals surface area (Å²) in [5.74, 6) is 0. The van der Waals surface area contributed by atoms with Gasteiger partial charge in [0.15, 0.2) is 0 Å². The Morgan fingerprint density at radius 3 is 2.50 bits per heavy atom. The zero-order chi connectivity index (χ0) is 5.28. The first kappa shape index (κ1) is 8.29. The quantitative estimate of drug-likeness (QED) is 0.314. The molecule has 0 amide bonds. The molecule has 0 atom stereocenters. The fourth-order valence-electron chi connectivity index (χ4n) is 0.828. The molecule has 0 aromatic rings. The molecule has 0 radical (unpaired) electrons. The summed E-state index contributed by atoms with van der Waals surface area (Å²) in [7, 11) is 1.25. The summed E-state index contributed by atoms with van der Waals surface area (Å²) in [5, 5.41) is 1.62. The predicted octanol–water partition coefficient (Wildman–Crippen LogP) is -2.30. The van der Waals surface area contributed by atoms with Gasteiger partial charge in [-0.15, -0.1) is 0 Å². The Bertz CT molecular complexity index is 140. The minimum Gasteiger partial charge on any atom is -1.00 e. The molecule has 1 aliphatic carbocycles. The minimum absolute atomic E-state index is 0. The third kappa shape index (κ3) is 2.04. The van der Waals surface area contributed by atoms with Crippen LogP contribution in [0.2, 0.25) is 0 Å². The summed E-state index contributed by atoms with van der Waals surface area (Å²) < 4.78 is 0. The standard InChI is InChI=1S/C6H10Si.Li.H/c1-5-2-3-6(7)4-5;;/h2,4H,3H2,1,7H3;;/q;+1;-1. The molecule has 40 valence electrons. The van der Waals surface area contributed by atoms with Crippen molar-refractivity contribution >= 4 is 10.2 Å². The van der Waals surface area contributed by atoms with Gasteiger partial charge in [-0.3, -0.25) is 0 Å². The zero-order valence-electron chi connectivity index (χ0n) is 6.86. The van der Waals surface area contributed by atoms with Gasteiger partial charge in [0.05, 0.1) is 0 Å². The molecule has 0 bridgehead atoms. The first-order chi connectivity index (χ1) is 3.29. The van der Waals surface area contributed by atoms with Gasteiger partial charge in [-0.2, -0.15) is 0 Å². The van der Waals surface area contributed by atoms with E-state index in [0.717, 1.165) is 0 Å². The van der Waals surface area contributed by atoms with E-state index >= 15 is 0 Å². The van der Waals surface area contributed by atoms with Crippen molar-refractivity contribution in [3.63, 3.8) is 0 Å². The maximum Gasteiger partial charge on any atom is 1.00 e. The Labute approximate surface area is 67.1 Å². The average molecular weight is 118 g/mol. The van der Waals surface area contributed by atoms with Gasteiger partial charge in [0, 0.05) is 10.2 Å². The van der Waals surface area contributed by atoms with Crippen molar-refractivity contribution in [2.24, 2.45) is 0 Å². The van der Waals surface area contributed by atoms with Gasteiger partial charge in [0.1, 0.15) is 0 Å². The van der Waals surface area contributed by atoms with Gasteiger partial charge in [-0.1, -0.05) is 22.9 Å². The third-order valence-corrected chi connectivity index (χ3v) is 1.92. The maximum absolute atomic E-state index is 2.28. The maximum atomic E-state index is 2.28. The van der Waals surface area contributed by atoms with E-state index in [0.29, 0.717) is 0 Å². The summed E-state index contributed by atoms with van der Waals surface area (Å²) in [6, 6.07) is 0. The Balaban J connectivity index is 0. The van der Waals surface area contributed by atoms with Crippen LogP contribution >= 0.6 is 0 Å². The van der Waals surface area contributed by atoms with E-state index in [4.69, 9.17) is 0 Å². The summed E-state index contributed by atoms with van der Waals surface area (Å²) in [4.78, 5) is 0. The van der Waals surface area contributed by atoms with Crippen LogP contribution in [0.15, 0.2) is 22.9 Å². The van der Waals surface area contributed by atoms with Gasteiger partial charge in [0.25, 0.3) is 0 Å². The van der Waals surface area contributed by atoms with Gasteiger partial charge in [-0.05, 0) is 13.3 Å². The van der Waals surface area contributed by atoms with Crippen molar-refractivity contribution in [1.29, 1.82) is 0 Å². The van der Waals surface area contributed by atoms with Crippen LogP contribution in [0.4, 0.5) is 0 Å². The molecule has 0 aromatic carbocycles. The predicted molar refractivity (Wildman–Crippen MR) is 37.5 cm³/mol. The summed E-state index contributed by atoms with van der Waals surface area (Å²) in [6.07, 6.45) is 5.80. The molecule has 0 saturated heterocycles. The van der Waals surface area contributed by atoms with E-state index in [1.165, 1.54) is 22.2 Å². The number of hydrogen-bond donors (Lipinski definition) is 0. The molecule has 0 nitrogen and oxygen atoms in total. The number of allylic oxidation sites excluding steroid dienone is 4. The first-order valence-electron chi connectivity index (χ1n) is 2.63. The van der Waals surface area contributed by atoms with Gasteiger partial charge in [0.2, 0.25) is 0 Å². The molecule has 0 aromatic heterocycles. The number of rotatable bonds is 0. The van der Waals surface area contributed by atoms with Crippen LogP contribution in [0, 0.1) is 0 Å². The van der Waals surface area contributed by atoms with Crippen molar-refractivity contribution in [1.82, 2.24) is 0 Å². The Hall–Kier alpha value is 0.294. The topological polar surface area (TPSA) is 0 Å². The number of hydrogen-bond acceptors (Lipinski definition) is 0. The summed E-state index contributed by atoms with van der Waals surface area (Å²) >= 11 is 0. The first-order valence-corrected chi connectivity index (χ1v) is 3.63. The van der Waals surface area contributed by atoms with E-state index in [1.807, 2.05) is 0 Å². The SMILES string of the molecule is CC1=CCC([SiH3])=C1.[H-].[Li+]. The fourth-order valence-corrected chi connectivity index (χ4v) is 1.49. The minimum atomic E-state index is 0. The van der Waals surface area contributed by atoms with Crippen LogP contribution in [0.1, 0.15) is 14.8 Å². The summed E-state index contributed by atoms with van der Waals surface area (Å²) in [6.45, 7) is 2.16. The fraction of sp³-hybridized carbons (Fsp3) is 0.333. The van der Waals surface area contributed by atoms with Crippen molar-refractivity contribution in [2.45, 2.75) is 13.3 Å². The van der Waals surface area contributed by atoms with Gasteiger partial charge < -0.3 is 1.43 Å². The van der Waals surface area contributed by atoms with Crippen LogP contribution in [0.3, 0.4) is 0 Å². The summed E-state index contributed by atoms with van der Waals surface area (Å²) in [5.41, 5.74) is 1.45. The van der Waals surface area contributed by atoms with E-state index in [-0.39, 0.29) is 20.3 Å². The van der Waals surface area contributed by atoms with Gasteiger partial charge >= 0.3 is 18.9 Å². The van der Waals surface area contributed by atoms with Crippen LogP contribution in [-0.2, 0) is 0 Å². The molecule has 8 heavy (non-hydrogen) atoms. The smallest absolute Gasteiger partial charge is 1.00 e. The second-order valence-electron chi connectivity index (χ2n) is 2.14. The molecule has 0 N–H and O–H groups in total. The van der Waals surface area contributed by atoms with Crippen LogP contribution in [-0.4, -0.2) is 10.2 Å². The molecule has 0 saturated carbocycles. The molecule has 0 aliphatic heterocycles. The monoisotopic (exact) mass is 118 g/mol. The van der Waals surface area contributed by atoms with E-state index in [9.17, 15) is 0 Å². The average Bonchev–Trinajstić information content (AvgIpc) is 1.87. The second kappa shape index (κ2) is 3.35. The Kier molecular flexibility index (Phi) is 3.47. The Morgan fingerprint density at radius 2 is 2.38 bits per heavy atom. The Morgan fingerprint density at radius 1 is 1.75 bits per heavy atom. The van der Waals surface area contributed by atoms with Crippen molar-refractivity contribution < 1.29 is 20.3 Å². The van der Waals surface area contributed by atoms with E-state index in [1.54, 1.807) is 5.20 Å². The molecule has 1 rings (SSSR count). The molecule has 0 heterocycles. The van der Waals surface area contributed by atoms with E-state index < -0.39 is 0 Å². The molecule has 0 fully saturated rings. The third-order valence-electron chi connectivity index (χ3n) is 1.22. The largest absolute Gasteiger partial charge is 1.00 e. The molecular weight excluding hydrogens is 107 g/mol. The van der Waals surface area contributed by atoms with Crippen molar-refractivity contribution in [3.05, 3.63) is 22.9 Å². The van der Waals surface area contributed by atoms with Crippen LogP contribution in [0.25, 0.3) is 0 Å². The van der Waals surface area contributed by atoms with Crippen LogP contribution in [0.5, 0.6) is 0 Å². The molecule has 2 heteroatoms. The van der Waals surface area contributed by atoms with Crippen LogP contribution < -0.4 is 18.9 Å². The second-order valence-corrected chi connectivity index (χ2v) is 3.43. The molecule has 0 unspecified atom stereocenters. The van der Waals surface area contributed by atoms with Crippen molar-refractivity contribution in [3.8, 4) is 0 Å². The zero-order valence-corrected chi connectivity index (χ0v) is 7.86. The van der Waals surface area contributed by atoms with Gasteiger partial charge in [-0.25, -0.2) is 0 Å². The van der Waals surface area contributed by atoms with Crippen molar-refractivity contribution in [2.75, 3.05) is 0 Å². The molecule has 0 spiro atoms.